The first-order valence-electron chi connectivity index (χ1n) is 8.21. The summed E-state index contributed by atoms with van der Waals surface area (Å²) in [6, 6.07) is 6.99. The number of hydrogen-bond donors (Lipinski definition) is 3. The third kappa shape index (κ3) is 4.56. The number of carbonyl (C=O) groups is 2. The summed E-state index contributed by atoms with van der Waals surface area (Å²) in [6.07, 6.45) is 3.37. The zero-order valence-electron chi connectivity index (χ0n) is 13.7. The number of aromatic amines is 1. The maximum Gasteiger partial charge on any atom is 0.319 e. The number of hydrogen-bond acceptors (Lipinski definition) is 3. The lowest BCUT2D eigenvalue weighted by Gasteiger charge is -2.32. The summed E-state index contributed by atoms with van der Waals surface area (Å²) in [6.45, 7) is 1.73. The van der Waals surface area contributed by atoms with Crippen LogP contribution in [0.25, 0.3) is 0 Å². The molecule has 0 radical (unpaired) electrons. The molecule has 132 valence electrons. The number of nitrogens with zero attached hydrogens (tertiary/aromatic N) is 2. The highest BCUT2D eigenvalue weighted by molar-refractivity contribution is 5.92. The Morgan fingerprint density at radius 1 is 1.36 bits per heavy atom. The molecule has 1 fully saturated rings. The van der Waals surface area contributed by atoms with Gasteiger partial charge in [0.25, 0.3) is 5.91 Å². The van der Waals surface area contributed by atoms with Gasteiger partial charge in [-0.1, -0.05) is 6.07 Å². The number of piperidine rings is 1. The lowest BCUT2D eigenvalue weighted by Crippen LogP contribution is -2.44. The van der Waals surface area contributed by atoms with Crippen LogP contribution < -0.4 is 10.6 Å². The lowest BCUT2D eigenvalue weighted by molar-refractivity contribution is 0.0669. The van der Waals surface area contributed by atoms with Crippen LogP contribution in [0.15, 0.2) is 36.5 Å². The number of nitrogens with one attached hydrogen (secondary N) is 3. The van der Waals surface area contributed by atoms with E-state index >= 15 is 0 Å². The summed E-state index contributed by atoms with van der Waals surface area (Å²) >= 11 is 0. The van der Waals surface area contributed by atoms with Crippen molar-refractivity contribution in [2.45, 2.75) is 12.8 Å². The number of urea groups is 1. The summed E-state index contributed by atoms with van der Waals surface area (Å²) in [4.78, 5) is 26.0. The van der Waals surface area contributed by atoms with Crippen molar-refractivity contribution in [1.29, 1.82) is 0 Å². The van der Waals surface area contributed by atoms with Gasteiger partial charge in [0.05, 0.1) is 0 Å². The number of benzene rings is 1. The molecule has 1 aliphatic heterocycles. The molecule has 2 aromatic rings. The molecule has 1 unspecified atom stereocenters. The molecule has 0 aliphatic carbocycles. The summed E-state index contributed by atoms with van der Waals surface area (Å²) < 4.78 is 13.1. The number of aromatic nitrogens is 2. The number of likely N-dealkylation sites (tertiary alicyclic amines) is 1. The third-order valence-electron chi connectivity index (χ3n) is 4.17. The van der Waals surface area contributed by atoms with Crippen molar-refractivity contribution in [2.75, 3.05) is 25.0 Å². The first-order valence-corrected chi connectivity index (χ1v) is 8.21. The predicted octanol–water partition coefficient (Wildman–Crippen LogP) is 2.22. The molecule has 1 saturated heterocycles. The minimum absolute atomic E-state index is 0.0774. The molecule has 3 rings (SSSR count). The Labute approximate surface area is 144 Å². The molecule has 0 spiro atoms. The second-order valence-corrected chi connectivity index (χ2v) is 6.08. The van der Waals surface area contributed by atoms with Gasteiger partial charge in [0, 0.05) is 31.5 Å². The number of H-pyrrole nitrogens is 1. The average Bonchev–Trinajstić information content (AvgIpc) is 3.14. The molecule has 3 N–H and O–H groups in total. The van der Waals surface area contributed by atoms with Crippen molar-refractivity contribution in [3.05, 3.63) is 48.0 Å². The van der Waals surface area contributed by atoms with Crippen LogP contribution in [0.5, 0.6) is 0 Å². The Morgan fingerprint density at radius 2 is 2.24 bits per heavy atom. The van der Waals surface area contributed by atoms with E-state index in [9.17, 15) is 14.0 Å². The van der Waals surface area contributed by atoms with E-state index < -0.39 is 5.82 Å². The van der Waals surface area contributed by atoms with Gasteiger partial charge in [0.2, 0.25) is 0 Å². The molecule has 8 heteroatoms. The topological polar surface area (TPSA) is 90.1 Å². The monoisotopic (exact) mass is 345 g/mol. The van der Waals surface area contributed by atoms with Crippen LogP contribution >= 0.6 is 0 Å². The average molecular weight is 345 g/mol. The van der Waals surface area contributed by atoms with Gasteiger partial charge in [-0.25, -0.2) is 9.18 Å². The molecule has 2 heterocycles. The summed E-state index contributed by atoms with van der Waals surface area (Å²) in [7, 11) is 0. The zero-order valence-corrected chi connectivity index (χ0v) is 13.7. The van der Waals surface area contributed by atoms with Crippen LogP contribution in [0.2, 0.25) is 0 Å². The summed E-state index contributed by atoms with van der Waals surface area (Å²) in [5.41, 5.74) is 0.870. The molecule has 3 amide bonds. The standard InChI is InChI=1S/C17H20FN5O2/c18-13-4-1-5-14(9-13)21-17(25)19-10-12-3-2-8-23(11-12)16(24)15-6-7-20-22-15/h1,4-7,9,12H,2-3,8,10-11H2,(H,20,22)(H2,19,21,25). The molecule has 1 aromatic heterocycles. The van der Waals surface area contributed by atoms with Crippen molar-refractivity contribution in [3.8, 4) is 0 Å². The fourth-order valence-electron chi connectivity index (χ4n) is 2.94. The summed E-state index contributed by atoms with van der Waals surface area (Å²) in [5.74, 6) is -0.302. The van der Waals surface area contributed by atoms with Crippen LogP contribution in [0, 0.1) is 11.7 Å². The van der Waals surface area contributed by atoms with Gasteiger partial charge in [-0.3, -0.25) is 9.89 Å². The predicted molar refractivity (Wildman–Crippen MR) is 90.6 cm³/mol. The highest BCUT2D eigenvalue weighted by Gasteiger charge is 2.25. The lowest BCUT2D eigenvalue weighted by atomic mass is 9.98. The SMILES string of the molecule is O=C(NCC1CCCN(C(=O)c2ccn[nH]2)C1)Nc1cccc(F)c1. The Kier molecular flexibility index (Phi) is 5.27. The number of rotatable bonds is 4. The fraction of sp³-hybridized carbons (Fsp3) is 0.353. The molecular weight excluding hydrogens is 325 g/mol. The van der Waals surface area contributed by atoms with Crippen molar-refractivity contribution in [1.82, 2.24) is 20.4 Å². The third-order valence-corrected chi connectivity index (χ3v) is 4.17. The molecule has 7 nitrogen and oxygen atoms in total. The molecule has 0 bridgehead atoms. The Balaban J connectivity index is 1.48. The highest BCUT2D eigenvalue weighted by Crippen LogP contribution is 2.17. The van der Waals surface area contributed by atoms with E-state index in [1.165, 1.54) is 18.2 Å². The van der Waals surface area contributed by atoms with Gasteiger partial charge in [0.15, 0.2) is 0 Å². The summed E-state index contributed by atoms with van der Waals surface area (Å²) in [5, 5.41) is 11.9. The van der Waals surface area contributed by atoms with Gasteiger partial charge in [-0.05, 0) is 43.0 Å². The van der Waals surface area contributed by atoms with E-state index in [0.717, 1.165) is 12.8 Å². The Morgan fingerprint density at radius 3 is 3.00 bits per heavy atom. The zero-order chi connectivity index (χ0) is 17.6. The molecule has 1 aromatic carbocycles. The largest absolute Gasteiger partial charge is 0.338 e. The minimum atomic E-state index is -0.405. The fourth-order valence-corrected chi connectivity index (χ4v) is 2.94. The normalized spacial score (nSPS) is 17.2. The van der Waals surface area contributed by atoms with Gasteiger partial charge < -0.3 is 15.5 Å². The van der Waals surface area contributed by atoms with Crippen molar-refractivity contribution in [2.24, 2.45) is 5.92 Å². The Hall–Kier alpha value is -2.90. The van der Waals surface area contributed by atoms with Gasteiger partial charge in [-0.15, -0.1) is 0 Å². The van der Waals surface area contributed by atoms with Crippen LogP contribution in [0.1, 0.15) is 23.3 Å². The van der Waals surface area contributed by atoms with Gasteiger partial charge in [-0.2, -0.15) is 5.10 Å². The van der Waals surface area contributed by atoms with Crippen LogP contribution in [0.3, 0.4) is 0 Å². The molecule has 0 saturated carbocycles. The van der Waals surface area contributed by atoms with Crippen molar-refractivity contribution in [3.63, 3.8) is 0 Å². The van der Waals surface area contributed by atoms with Gasteiger partial charge >= 0.3 is 6.03 Å². The van der Waals surface area contributed by atoms with Crippen molar-refractivity contribution < 1.29 is 14.0 Å². The first kappa shape index (κ1) is 16.9. The van der Waals surface area contributed by atoms with E-state index in [0.29, 0.717) is 31.0 Å². The highest BCUT2D eigenvalue weighted by atomic mass is 19.1. The Bertz CT molecular complexity index is 734. The molecular formula is C17H20FN5O2. The van der Waals surface area contributed by atoms with Crippen LogP contribution in [-0.2, 0) is 0 Å². The number of halogens is 1. The molecule has 1 aliphatic rings. The minimum Gasteiger partial charge on any atom is -0.338 e. The van der Waals surface area contributed by atoms with E-state index in [1.54, 1.807) is 23.2 Å². The van der Waals surface area contributed by atoms with Gasteiger partial charge in [0.1, 0.15) is 11.5 Å². The number of carbonyl (C=O) groups excluding carboxylic acids is 2. The number of anilines is 1. The molecule has 1 atom stereocenters. The van der Waals surface area contributed by atoms with Crippen LogP contribution in [0.4, 0.5) is 14.9 Å². The maximum absolute atomic E-state index is 13.1. The smallest absolute Gasteiger partial charge is 0.319 e. The van der Waals surface area contributed by atoms with Crippen molar-refractivity contribution >= 4 is 17.6 Å². The van der Waals surface area contributed by atoms with E-state index in [-0.39, 0.29) is 17.9 Å². The quantitative estimate of drug-likeness (QED) is 0.794. The molecule has 25 heavy (non-hydrogen) atoms. The maximum atomic E-state index is 13.1. The van der Waals surface area contributed by atoms with E-state index in [4.69, 9.17) is 0 Å². The second-order valence-electron chi connectivity index (χ2n) is 6.08. The number of amides is 3. The van der Waals surface area contributed by atoms with E-state index in [2.05, 4.69) is 20.8 Å². The second kappa shape index (κ2) is 7.78. The van der Waals surface area contributed by atoms with Crippen LogP contribution in [-0.4, -0.2) is 46.7 Å². The first-order chi connectivity index (χ1) is 12.1. The van der Waals surface area contributed by atoms with E-state index in [1.807, 2.05) is 0 Å².